The Balaban J connectivity index is 2.10. The maximum absolute atomic E-state index is 12.2. The van der Waals surface area contributed by atoms with Crippen LogP contribution in [0.25, 0.3) is 0 Å². The highest BCUT2D eigenvalue weighted by Gasteiger charge is 2.20. The van der Waals surface area contributed by atoms with Crippen molar-refractivity contribution in [2.24, 2.45) is 5.92 Å². The summed E-state index contributed by atoms with van der Waals surface area (Å²) in [4.78, 5) is 0.0181. The molecule has 0 spiro atoms. The van der Waals surface area contributed by atoms with Gasteiger partial charge in [-0.15, -0.1) is 0 Å². The van der Waals surface area contributed by atoms with Gasteiger partial charge in [-0.2, -0.15) is 5.26 Å². The highest BCUT2D eigenvalue weighted by molar-refractivity contribution is 7.89. The lowest BCUT2D eigenvalue weighted by atomic mass is 9.95. The van der Waals surface area contributed by atoms with Crippen LogP contribution in [0.1, 0.15) is 24.8 Å². The normalized spacial score (nSPS) is 18.7. The average molecular weight is 311 g/mol. The van der Waals surface area contributed by atoms with Crippen LogP contribution in [-0.4, -0.2) is 15.0 Å². The van der Waals surface area contributed by atoms with Gasteiger partial charge in [0.05, 0.1) is 16.7 Å². The number of sulfonamides is 1. The quantitative estimate of drug-likeness (QED) is 0.869. The van der Waals surface area contributed by atoms with Crippen LogP contribution in [0.2, 0.25) is 5.02 Å². The van der Waals surface area contributed by atoms with Crippen molar-refractivity contribution < 1.29 is 8.42 Å². The summed E-state index contributed by atoms with van der Waals surface area (Å²) in [5, 5.41) is 8.82. The van der Waals surface area contributed by atoms with Crippen LogP contribution in [0, 0.1) is 17.2 Å². The maximum atomic E-state index is 12.2. The van der Waals surface area contributed by atoms with Crippen molar-refractivity contribution in [1.29, 1.82) is 5.26 Å². The largest absolute Gasteiger partial charge is 0.242 e. The molecule has 0 aliphatic heterocycles. The predicted molar refractivity (Wildman–Crippen MR) is 77.8 cm³/mol. The second kappa shape index (κ2) is 6.40. The van der Waals surface area contributed by atoms with E-state index in [2.05, 4.69) is 16.9 Å². The Bertz CT molecular complexity index is 662. The fourth-order valence-corrected chi connectivity index (χ4v) is 3.79. The molecule has 1 atom stereocenters. The lowest BCUT2D eigenvalue weighted by Crippen LogP contribution is -2.30. The SMILES string of the molecule is N#Cc1ccc(S(=O)(=O)NCC2CC=CCC2)c(Cl)c1. The summed E-state index contributed by atoms with van der Waals surface area (Å²) in [7, 11) is -3.63. The molecule has 0 aromatic heterocycles. The van der Waals surface area contributed by atoms with Gasteiger partial charge in [0.15, 0.2) is 0 Å². The highest BCUT2D eigenvalue weighted by atomic mass is 35.5. The molecular weight excluding hydrogens is 296 g/mol. The summed E-state index contributed by atoms with van der Waals surface area (Å²) in [5.41, 5.74) is 0.339. The van der Waals surface area contributed by atoms with Crippen molar-refractivity contribution in [3.63, 3.8) is 0 Å². The molecule has 0 amide bonds. The Morgan fingerprint density at radius 3 is 2.80 bits per heavy atom. The van der Waals surface area contributed by atoms with Crippen LogP contribution in [0.3, 0.4) is 0 Å². The molecule has 2 rings (SSSR count). The first-order valence-electron chi connectivity index (χ1n) is 6.37. The Kier molecular flexibility index (Phi) is 4.81. The van der Waals surface area contributed by atoms with Crippen LogP contribution in [0.15, 0.2) is 35.2 Å². The van der Waals surface area contributed by atoms with Crippen LogP contribution in [-0.2, 0) is 10.0 Å². The van der Waals surface area contributed by atoms with Crippen molar-refractivity contribution in [3.8, 4) is 6.07 Å². The molecule has 0 fully saturated rings. The van der Waals surface area contributed by atoms with Crippen LogP contribution in [0.4, 0.5) is 0 Å². The number of nitrogens with zero attached hydrogens (tertiary/aromatic N) is 1. The van der Waals surface area contributed by atoms with E-state index < -0.39 is 10.0 Å². The number of nitrogens with one attached hydrogen (secondary N) is 1. The Morgan fingerprint density at radius 2 is 2.20 bits per heavy atom. The third-order valence-electron chi connectivity index (χ3n) is 3.29. The lowest BCUT2D eigenvalue weighted by Gasteiger charge is -2.18. The van der Waals surface area contributed by atoms with Crippen LogP contribution in [0.5, 0.6) is 0 Å². The molecule has 1 aliphatic rings. The molecule has 0 saturated carbocycles. The Hall–Kier alpha value is -1.35. The van der Waals surface area contributed by atoms with E-state index in [1.165, 1.54) is 18.2 Å². The molecule has 1 aromatic carbocycles. The van der Waals surface area contributed by atoms with Crippen LogP contribution < -0.4 is 4.72 Å². The number of rotatable bonds is 4. The zero-order chi connectivity index (χ0) is 14.6. The fraction of sp³-hybridized carbons (Fsp3) is 0.357. The average Bonchev–Trinajstić information content (AvgIpc) is 2.46. The third kappa shape index (κ3) is 3.60. The standard InChI is InChI=1S/C14H15ClN2O2S/c15-13-8-12(9-16)6-7-14(13)20(18,19)17-10-11-4-2-1-3-5-11/h1-2,6-8,11,17H,3-5,10H2. The molecule has 6 heteroatoms. The smallest absolute Gasteiger partial charge is 0.211 e. The molecule has 1 aliphatic carbocycles. The first-order valence-corrected chi connectivity index (χ1v) is 8.23. The van der Waals surface area contributed by atoms with E-state index in [0.29, 0.717) is 18.0 Å². The first kappa shape index (κ1) is 15.0. The highest BCUT2D eigenvalue weighted by Crippen LogP contribution is 2.23. The molecule has 1 N–H and O–H groups in total. The molecule has 0 bridgehead atoms. The summed E-state index contributed by atoms with van der Waals surface area (Å²) < 4.78 is 27.0. The van der Waals surface area contributed by atoms with Crippen molar-refractivity contribution >= 4 is 21.6 Å². The fourth-order valence-electron chi connectivity index (χ4n) is 2.14. The van der Waals surface area contributed by atoms with Gasteiger partial charge >= 0.3 is 0 Å². The first-order chi connectivity index (χ1) is 9.53. The van der Waals surface area contributed by atoms with Crippen molar-refractivity contribution in [1.82, 2.24) is 4.72 Å². The second-order valence-electron chi connectivity index (χ2n) is 4.76. The molecule has 0 heterocycles. The zero-order valence-corrected chi connectivity index (χ0v) is 12.4. The summed E-state index contributed by atoms with van der Waals surface area (Å²) in [6.07, 6.45) is 7.06. The number of nitriles is 1. The van der Waals surface area contributed by atoms with E-state index in [0.717, 1.165) is 19.3 Å². The Morgan fingerprint density at radius 1 is 1.40 bits per heavy atom. The predicted octanol–water partition coefficient (Wildman–Crippen LogP) is 2.85. The van der Waals surface area contributed by atoms with Gasteiger partial charge in [-0.25, -0.2) is 13.1 Å². The summed E-state index contributed by atoms with van der Waals surface area (Å²) in [6, 6.07) is 6.10. The lowest BCUT2D eigenvalue weighted by molar-refractivity contribution is 0.468. The van der Waals surface area contributed by atoms with Crippen molar-refractivity contribution in [3.05, 3.63) is 40.9 Å². The molecule has 106 valence electrons. The Labute approximate surface area is 124 Å². The number of halogens is 1. The van der Waals surface area contributed by atoms with E-state index >= 15 is 0 Å². The number of hydrogen-bond donors (Lipinski definition) is 1. The van der Waals surface area contributed by atoms with E-state index in [9.17, 15) is 8.42 Å². The number of benzene rings is 1. The second-order valence-corrected chi connectivity index (χ2v) is 6.90. The monoisotopic (exact) mass is 310 g/mol. The minimum atomic E-state index is -3.63. The van der Waals surface area contributed by atoms with Gasteiger partial charge in [0, 0.05) is 6.54 Å². The molecule has 1 aromatic rings. The topological polar surface area (TPSA) is 70.0 Å². The number of allylic oxidation sites excluding steroid dienone is 2. The van der Waals surface area contributed by atoms with E-state index in [-0.39, 0.29) is 9.92 Å². The molecule has 0 saturated heterocycles. The zero-order valence-electron chi connectivity index (χ0n) is 10.8. The molecule has 0 radical (unpaired) electrons. The molecular formula is C14H15ClN2O2S. The van der Waals surface area contributed by atoms with E-state index in [1.807, 2.05) is 6.07 Å². The van der Waals surface area contributed by atoms with E-state index in [4.69, 9.17) is 16.9 Å². The van der Waals surface area contributed by atoms with Gasteiger partial charge in [-0.3, -0.25) is 0 Å². The third-order valence-corrected chi connectivity index (χ3v) is 5.20. The van der Waals surface area contributed by atoms with Gasteiger partial charge in [0.25, 0.3) is 0 Å². The van der Waals surface area contributed by atoms with Crippen LogP contribution >= 0.6 is 11.6 Å². The van der Waals surface area contributed by atoms with Gasteiger partial charge < -0.3 is 0 Å². The summed E-state index contributed by atoms with van der Waals surface area (Å²) >= 11 is 5.93. The van der Waals surface area contributed by atoms with Gasteiger partial charge in [-0.1, -0.05) is 23.8 Å². The molecule has 1 unspecified atom stereocenters. The van der Waals surface area contributed by atoms with E-state index in [1.54, 1.807) is 0 Å². The van der Waals surface area contributed by atoms with Gasteiger partial charge in [-0.05, 0) is 43.4 Å². The molecule has 20 heavy (non-hydrogen) atoms. The number of hydrogen-bond acceptors (Lipinski definition) is 3. The summed E-state index contributed by atoms with van der Waals surface area (Å²) in [5.74, 6) is 0.326. The van der Waals surface area contributed by atoms with Crippen molar-refractivity contribution in [2.75, 3.05) is 6.54 Å². The summed E-state index contributed by atoms with van der Waals surface area (Å²) in [6.45, 7) is 0.406. The minimum Gasteiger partial charge on any atom is -0.211 e. The minimum absolute atomic E-state index is 0.0181. The van der Waals surface area contributed by atoms with Gasteiger partial charge in [0.2, 0.25) is 10.0 Å². The molecule has 4 nitrogen and oxygen atoms in total. The maximum Gasteiger partial charge on any atom is 0.242 e. The van der Waals surface area contributed by atoms with Gasteiger partial charge in [0.1, 0.15) is 4.90 Å². The van der Waals surface area contributed by atoms with Crippen molar-refractivity contribution in [2.45, 2.75) is 24.2 Å².